The second-order valence-electron chi connectivity index (χ2n) is 5.43. The lowest BCUT2D eigenvalue weighted by Gasteiger charge is -2.17. The van der Waals surface area contributed by atoms with E-state index in [0.717, 1.165) is 12.1 Å². The summed E-state index contributed by atoms with van der Waals surface area (Å²) in [5.74, 6) is 0.512. The Morgan fingerprint density at radius 1 is 1.26 bits per heavy atom. The highest BCUT2D eigenvalue weighted by Gasteiger charge is 2.30. The number of hydrogen-bond acceptors (Lipinski definition) is 5. The van der Waals surface area contributed by atoms with Gasteiger partial charge in [0.15, 0.2) is 5.82 Å². The van der Waals surface area contributed by atoms with Crippen LogP contribution in [0.4, 0.5) is 13.2 Å². The van der Waals surface area contributed by atoms with Crippen LogP contribution in [0, 0.1) is 0 Å². The molecule has 0 fully saturated rings. The van der Waals surface area contributed by atoms with E-state index >= 15 is 0 Å². The van der Waals surface area contributed by atoms with E-state index < -0.39 is 17.8 Å². The van der Waals surface area contributed by atoms with Crippen LogP contribution in [0.1, 0.15) is 24.7 Å². The van der Waals surface area contributed by atoms with Crippen molar-refractivity contribution in [3.8, 4) is 5.69 Å². The molecule has 1 N–H and O–H groups in total. The molecule has 23 heavy (non-hydrogen) atoms. The molecule has 1 aromatic carbocycles. The summed E-state index contributed by atoms with van der Waals surface area (Å²) in [6.07, 6.45) is -4.16. The number of alkyl halides is 3. The Morgan fingerprint density at radius 3 is 2.48 bits per heavy atom. The molecule has 1 atom stereocenters. The topological polar surface area (TPSA) is 67.1 Å². The van der Waals surface area contributed by atoms with Crippen molar-refractivity contribution in [1.82, 2.24) is 25.1 Å². The van der Waals surface area contributed by atoms with E-state index in [1.165, 1.54) is 16.8 Å². The summed E-state index contributed by atoms with van der Waals surface area (Å²) in [6, 6.07) is 4.66. The van der Waals surface area contributed by atoms with E-state index in [9.17, 15) is 18.3 Å². The van der Waals surface area contributed by atoms with E-state index in [1.54, 1.807) is 6.92 Å². The minimum atomic E-state index is -4.37. The molecule has 0 aliphatic carbocycles. The fraction of sp³-hybridized carbons (Fsp3) is 0.500. The quantitative estimate of drug-likeness (QED) is 0.876. The van der Waals surface area contributed by atoms with Crippen molar-refractivity contribution < 1.29 is 18.3 Å². The summed E-state index contributed by atoms with van der Waals surface area (Å²) in [7, 11) is 1.86. The summed E-state index contributed by atoms with van der Waals surface area (Å²) in [5.41, 5.74) is -0.258. The lowest BCUT2D eigenvalue weighted by atomic mass is 10.2. The van der Waals surface area contributed by atoms with E-state index in [4.69, 9.17) is 0 Å². The summed E-state index contributed by atoms with van der Waals surface area (Å²) >= 11 is 0. The maximum atomic E-state index is 12.6. The number of aliphatic hydroxyl groups excluding tert-OH is 1. The Labute approximate surface area is 131 Å². The number of halogens is 3. The first-order valence-corrected chi connectivity index (χ1v) is 7.09. The van der Waals surface area contributed by atoms with Crippen LogP contribution in [-0.4, -0.2) is 49.9 Å². The molecule has 2 rings (SSSR count). The first kappa shape index (κ1) is 17.4. The molecular formula is C14H18F3N5O. The zero-order valence-electron chi connectivity index (χ0n) is 12.8. The third-order valence-corrected chi connectivity index (χ3v) is 3.31. The number of nitrogens with zero attached hydrogens (tertiary/aromatic N) is 5. The van der Waals surface area contributed by atoms with Gasteiger partial charge in [0.05, 0.1) is 23.9 Å². The van der Waals surface area contributed by atoms with Gasteiger partial charge in [0.2, 0.25) is 0 Å². The monoisotopic (exact) mass is 329 g/mol. The number of tetrazole rings is 1. The van der Waals surface area contributed by atoms with E-state index in [0.29, 0.717) is 31.0 Å². The van der Waals surface area contributed by atoms with E-state index in [-0.39, 0.29) is 0 Å². The molecule has 6 nitrogen and oxygen atoms in total. The van der Waals surface area contributed by atoms with Crippen molar-refractivity contribution in [2.45, 2.75) is 32.2 Å². The molecule has 0 saturated heterocycles. The highest BCUT2D eigenvalue weighted by Crippen LogP contribution is 2.29. The van der Waals surface area contributed by atoms with Gasteiger partial charge in [-0.3, -0.25) is 4.90 Å². The number of benzene rings is 1. The van der Waals surface area contributed by atoms with E-state index in [1.807, 2.05) is 11.9 Å². The minimum Gasteiger partial charge on any atom is -0.393 e. The summed E-state index contributed by atoms with van der Waals surface area (Å²) < 4.78 is 39.2. The Hall–Kier alpha value is -2.00. The molecule has 0 radical (unpaired) electrons. The number of aromatic nitrogens is 4. The average molecular weight is 329 g/mol. The van der Waals surface area contributed by atoms with Gasteiger partial charge in [-0.25, -0.2) is 0 Å². The van der Waals surface area contributed by atoms with Gasteiger partial charge >= 0.3 is 6.18 Å². The van der Waals surface area contributed by atoms with Gasteiger partial charge < -0.3 is 5.11 Å². The third kappa shape index (κ3) is 4.73. The largest absolute Gasteiger partial charge is 0.416 e. The summed E-state index contributed by atoms with van der Waals surface area (Å²) in [4.78, 5) is 1.93. The number of aliphatic hydroxyl groups is 1. The van der Waals surface area contributed by atoms with Gasteiger partial charge in [0.1, 0.15) is 0 Å². The van der Waals surface area contributed by atoms with Gasteiger partial charge in [0.25, 0.3) is 0 Å². The minimum absolute atomic E-state index is 0.400. The zero-order chi connectivity index (χ0) is 17.0. The molecule has 0 amide bonds. The van der Waals surface area contributed by atoms with Crippen LogP contribution in [0.3, 0.4) is 0 Å². The molecule has 0 bridgehead atoms. The third-order valence-electron chi connectivity index (χ3n) is 3.31. The highest BCUT2D eigenvalue weighted by atomic mass is 19.4. The lowest BCUT2D eigenvalue weighted by Crippen LogP contribution is -2.24. The Morgan fingerprint density at radius 2 is 1.91 bits per heavy atom. The SMILES string of the molecule is CC(O)CCN(C)Cc1nnnn1-c1ccc(C(F)(F)F)cc1. The van der Waals surface area contributed by atoms with Crippen molar-refractivity contribution in [1.29, 1.82) is 0 Å². The Kier molecular flexibility index (Phi) is 5.32. The van der Waals surface area contributed by atoms with Crippen LogP contribution in [0.15, 0.2) is 24.3 Å². The molecular weight excluding hydrogens is 311 g/mol. The molecule has 126 valence electrons. The molecule has 0 spiro atoms. The van der Waals surface area contributed by atoms with Gasteiger partial charge in [-0.15, -0.1) is 5.10 Å². The number of rotatable bonds is 6. The van der Waals surface area contributed by atoms with Crippen LogP contribution >= 0.6 is 0 Å². The summed E-state index contributed by atoms with van der Waals surface area (Å²) in [6.45, 7) is 2.78. The smallest absolute Gasteiger partial charge is 0.393 e. The van der Waals surface area contributed by atoms with Gasteiger partial charge in [-0.2, -0.15) is 17.9 Å². The first-order chi connectivity index (χ1) is 10.8. The van der Waals surface area contributed by atoms with Crippen LogP contribution in [0.5, 0.6) is 0 Å². The second-order valence-corrected chi connectivity index (χ2v) is 5.43. The second kappa shape index (κ2) is 7.05. The fourth-order valence-electron chi connectivity index (χ4n) is 2.02. The normalized spacial score (nSPS) is 13.5. The average Bonchev–Trinajstić information content (AvgIpc) is 2.92. The molecule has 9 heteroatoms. The predicted octanol–water partition coefficient (Wildman–Crippen LogP) is 1.88. The summed E-state index contributed by atoms with van der Waals surface area (Å²) in [5, 5.41) is 20.6. The first-order valence-electron chi connectivity index (χ1n) is 7.09. The van der Waals surface area contributed by atoms with Crippen molar-refractivity contribution in [2.75, 3.05) is 13.6 Å². The molecule has 1 unspecified atom stereocenters. The zero-order valence-corrected chi connectivity index (χ0v) is 12.8. The van der Waals surface area contributed by atoms with Crippen molar-refractivity contribution in [3.05, 3.63) is 35.7 Å². The van der Waals surface area contributed by atoms with Gasteiger partial charge in [-0.05, 0) is 55.1 Å². The number of hydrogen-bond donors (Lipinski definition) is 1. The van der Waals surface area contributed by atoms with Gasteiger partial charge in [0, 0.05) is 6.54 Å². The molecule has 0 aliphatic rings. The van der Waals surface area contributed by atoms with Crippen LogP contribution in [0.25, 0.3) is 5.69 Å². The molecule has 2 aromatic rings. The standard InChI is InChI=1S/C14H18F3N5O/c1-10(23)7-8-21(2)9-13-18-19-20-22(13)12-5-3-11(4-6-12)14(15,16)17/h3-6,10,23H,7-9H2,1-2H3. The molecule has 0 saturated carbocycles. The maximum absolute atomic E-state index is 12.6. The van der Waals surface area contributed by atoms with Crippen LogP contribution in [-0.2, 0) is 12.7 Å². The van der Waals surface area contributed by atoms with Gasteiger partial charge in [-0.1, -0.05) is 0 Å². The highest BCUT2D eigenvalue weighted by molar-refractivity contribution is 5.35. The Bertz CT molecular complexity index is 624. The Balaban J connectivity index is 2.11. The maximum Gasteiger partial charge on any atom is 0.416 e. The van der Waals surface area contributed by atoms with Crippen molar-refractivity contribution in [2.24, 2.45) is 0 Å². The van der Waals surface area contributed by atoms with E-state index in [2.05, 4.69) is 15.5 Å². The predicted molar refractivity (Wildman–Crippen MR) is 76.8 cm³/mol. The molecule has 1 heterocycles. The molecule has 0 aliphatic heterocycles. The van der Waals surface area contributed by atoms with Crippen LogP contribution < -0.4 is 0 Å². The molecule has 1 aromatic heterocycles. The van der Waals surface area contributed by atoms with Crippen molar-refractivity contribution in [3.63, 3.8) is 0 Å². The lowest BCUT2D eigenvalue weighted by molar-refractivity contribution is -0.137. The van der Waals surface area contributed by atoms with Crippen molar-refractivity contribution >= 4 is 0 Å². The fourth-order valence-corrected chi connectivity index (χ4v) is 2.02. The van der Waals surface area contributed by atoms with Crippen LogP contribution in [0.2, 0.25) is 0 Å².